The second-order valence-corrected chi connectivity index (χ2v) is 7.07. The molecule has 0 N–H and O–H groups in total. The molecule has 29 heavy (non-hydrogen) atoms. The predicted octanol–water partition coefficient (Wildman–Crippen LogP) is 2.42. The number of ether oxygens (including phenoxy) is 2. The van der Waals surface area contributed by atoms with Gasteiger partial charge in [0.25, 0.3) is 5.91 Å². The van der Waals surface area contributed by atoms with Gasteiger partial charge in [-0.05, 0) is 29.8 Å². The zero-order valence-electron chi connectivity index (χ0n) is 15.8. The van der Waals surface area contributed by atoms with E-state index in [2.05, 4.69) is 21.1 Å². The molecule has 4 heterocycles. The van der Waals surface area contributed by atoms with Gasteiger partial charge in [-0.2, -0.15) is 0 Å². The molecule has 0 radical (unpaired) electrons. The lowest BCUT2D eigenvalue weighted by Gasteiger charge is -2.34. The van der Waals surface area contributed by atoms with Crippen LogP contribution in [0.5, 0.6) is 11.5 Å². The fourth-order valence-corrected chi connectivity index (χ4v) is 3.59. The molecule has 148 valence electrons. The quantitative estimate of drug-likeness (QED) is 0.674. The second kappa shape index (κ2) is 7.56. The summed E-state index contributed by atoms with van der Waals surface area (Å²) in [6.45, 7) is 4.00. The van der Waals surface area contributed by atoms with Crippen LogP contribution in [0.3, 0.4) is 0 Å². The van der Waals surface area contributed by atoms with E-state index in [4.69, 9.17) is 14.0 Å². The van der Waals surface area contributed by atoms with Crippen LogP contribution in [0.2, 0.25) is 0 Å². The first kappa shape index (κ1) is 17.7. The number of carbonyl (C=O) groups is 1. The molecular weight excluding hydrogens is 372 g/mol. The van der Waals surface area contributed by atoms with E-state index in [1.165, 1.54) is 5.56 Å². The number of carbonyl (C=O) groups excluding carboxylic acids is 1. The number of hydrogen-bond acceptors (Lipinski definition) is 7. The molecule has 2 aromatic heterocycles. The fourth-order valence-electron chi connectivity index (χ4n) is 3.59. The van der Waals surface area contributed by atoms with Gasteiger partial charge in [-0.3, -0.25) is 14.7 Å². The smallest absolute Gasteiger partial charge is 0.276 e. The minimum atomic E-state index is -0.105. The minimum Gasteiger partial charge on any atom is -0.454 e. The van der Waals surface area contributed by atoms with Gasteiger partial charge in [0.05, 0.1) is 0 Å². The largest absolute Gasteiger partial charge is 0.454 e. The number of nitrogens with zero attached hydrogens (tertiary/aromatic N) is 4. The van der Waals surface area contributed by atoms with Crippen LogP contribution in [0.1, 0.15) is 16.1 Å². The van der Waals surface area contributed by atoms with Crippen LogP contribution in [-0.2, 0) is 6.54 Å². The highest BCUT2D eigenvalue weighted by Gasteiger charge is 2.25. The Balaban J connectivity index is 1.18. The molecular formula is C21H20N4O4. The molecule has 2 aliphatic rings. The maximum atomic E-state index is 12.8. The van der Waals surface area contributed by atoms with E-state index in [1.807, 2.05) is 29.2 Å². The summed E-state index contributed by atoms with van der Waals surface area (Å²) in [7, 11) is 0. The maximum absolute atomic E-state index is 12.8. The molecule has 1 amide bonds. The van der Waals surface area contributed by atoms with E-state index >= 15 is 0 Å². The zero-order valence-corrected chi connectivity index (χ0v) is 15.8. The van der Waals surface area contributed by atoms with Crippen LogP contribution in [0.25, 0.3) is 11.3 Å². The normalized spacial score (nSPS) is 16.2. The molecule has 0 atom stereocenters. The number of pyridine rings is 1. The molecule has 1 fully saturated rings. The van der Waals surface area contributed by atoms with Gasteiger partial charge in [-0.1, -0.05) is 11.2 Å². The molecule has 2 aliphatic heterocycles. The van der Waals surface area contributed by atoms with Crippen LogP contribution in [0, 0.1) is 0 Å². The first-order chi connectivity index (χ1) is 14.3. The van der Waals surface area contributed by atoms with E-state index < -0.39 is 0 Å². The Hall–Kier alpha value is -3.39. The van der Waals surface area contributed by atoms with Gasteiger partial charge in [0.1, 0.15) is 0 Å². The molecule has 0 aliphatic carbocycles. The number of hydrogen-bond donors (Lipinski definition) is 0. The first-order valence-corrected chi connectivity index (χ1v) is 9.53. The minimum absolute atomic E-state index is 0.105. The Morgan fingerprint density at radius 2 is 1.90 bits per heavy atom. The topological polar surface area (TPSA) is 80.9 Å². The molecule has 5 rings (SSSR count). The van der Waals surface area contributed by atoms with Crippen molar-refractivity contribution in [2.45, 2.75) is 6.54 Å². The number of aromatic nitrogens is 2. The third-order valence-corrected chi connectivity index (χ3v) is 5.18. The molecule has 8 heteroatoms. The van der Waals surface area contributed by atoms with Crippen molar-refractivity contribution in [2.24, 2.45) is 0 Å². The van der Waals surface area contributed by atoms with Crippen molar-refractivity contribution in [1.82, 2.24) is 19.9 Å². The summed E-state index contributed by atoms with van der Waals surface area (Å²) < 4.78 is 16.1. The van der Waals surface area contributed by atoms with Gasteiger partial charge < -0.3 is 18.9 Å². The van der Waals surface area contributed by atoms with Gasteiger partial charge >= 0.3 is 0 Å². The second-order valence-electron chi connectivity index (χ2n) is 7.07. The Kier molecular flexibility index (Phi) is 4.61. The first-order valence-electron chi connectivity index (χ1n) is 9.53. The summed E-state index contributed by atoms with van der Waals surface area (Å²) in [4.78, 5) is 21.0. The molecule has 0 unspecified atom stereocenters. The van der Waals surface area contributed by atoms with Crippen molar-refractivity contribution in [2.75, 3.05) is 33.0 Å². The average molecular weight is 392 g/mol. The number of fused-ring (bicyclic) bond motifs is 1. The van der Waals surface area contributed by atoms with Crippen LogP contribution in [0.15, 0.2) is 53.3 Å². The van der Waals surface area contributed by atoms with Crippen LogP contribution >= 0.6 is 0 Å². The van der Waals surface area contributed by atoms with Gasteiger partial charge in [0.15, 0.2) is 23.0 Å². The van der Waals surface area contributed by atoms with E-state index in [1.54, 1.807) is 18.5 Å². The highest BCUT2D eigenvalue weighted by Crippen LogP contribution is 2.32. The summed E-state index contributed by atoms with van der Waals surface area (Å²) in [5, 5.41) is 3.95. The highest BCUT2D eigenvalue weighted by atomic mass is 16.7. The standard InChI is InChI=1S/C21H20N4O4/c26-21(17-11-19(29-23-17)16-2-1-5-22-12-16)25-8-6-24(7-9-25)13-15-3-4-18-20(10-15)28-14-27-18/h1-5,10-12H,6-9,13-14H2. The lowest BCUT2D eigenvalue weighted by atomic mass is 10.1. The van der Waals surface area contributed by atoms with Crippen LogP contribution in [0.4, 0.5) is 0 Å². The van der Waals surface area contributed by atoms with E-state index in [0.29, 0.717) is 24.5 Å². The number of benzene rings is 1. The summed E-state index contributed by atoms with van der Waals surface area (Å²) in [6.07, 6.45) is 3.37. The van der Waals surface area contributed by atoms with Crippen molar-refractivity contribution >= 4 is 5.91 Å². The van der Waals surface area contributed by atoms with Crippen molar-refractivity contribution in [1.29, 1.82) is 0 Å². The molecule has 3 aromatic rings. The summed E-state index contributed by atoms with van der Waals surface area (Å²) >= 11 is 0. The molecule has 0 bridgehead atoms. The zero-order chi connectivity index (χ0) is 19.6. The van der Waals surface area contributed by atoms with E-state index in [-0.39, 0.29) is 12.7 Å². The maximum Gasteiger partial charge on any atom is 0.276 e. The van der Waals surface area contributed by atoms with Crippen molar-refractivity contribution in [3.8, 4) is 22.8 Å². The van der Waals surface area contributed by atoms with Crippen molar-refractivity contribution in [3.63, 3.8) is 0 Å². The van der Waals surface area contributed by atoms with Crippen molar-refractivity contribution in [3.05, 3.63) is 60.0 Å². The van der Waals surface area contributed by atoms with E-state index in [9.17, 15) is 4.79 Å². The highest BCUT2D eigenvalue weighted by molar-refractivity contribution is 5.93. The van der Waals surface area contributed by atoms with E-state index in [0.717, 1.165) is 36.7 Å². The lowest BCUT2D eigenvalue weighted by molar-refractivity contribution is 0.0618. The Morgan fingerprint density at radius 3 is 2.72 bits per heavy atom. The number of amides is 1. The molecule has 8 nitrogen and oxygen atoms in total. The monoisotopic (exact) mass is 392 g/mol. The summed E-state index contributed by atoms with van der Waals surface area (Å²) in [5.74, 6) is 2.03. The third kappa shape index (κ3) is 3.66. The molecule has 1 saturated heterocycles. The summed E-state index contributed by atoms with van der Waals surface area (Å²) in [5.41, 5.74) is 2.30. The van der Waals surface area contributed by atoms with Crippen molar-refractivity contribution < 1.29 is 18.8 Å². The fraction of sp³-hybridized carbons (Fsp3) is 0.286. The van der Waals surface area contributed by atoms with Crippen LogP contribution in [-0.4, -0.2) is 58.8 Å². The van der Waals surface area contributed by atoms with Gasteiger partial charge in [-0.25, -0.2) is 0 Å². The third-order valence-electron chi connectivity index (χ3n) is 5.18. The van der Waals surface area contributed by atoms with Gasteiger partial charge in [0, 0.05) is 56.7 Å². The Labute approximate surface area is 167 Å². The average Bonchev–Trinajstić information content (AvgIpc) is 3.44. The molecule has 0 saturated carbocycles. The molecule has 0 spiro atoms. The Morgan fingerprint density at radius 1 is 1.03 bits per heavy atom. The van der Waals surface area contributed by atoms with Gasteiger partial charge in [-0.15, -0.1) is 0 Å². The number of rotatable bonds is 4. The number of piperazine rings is 1. The Bertz CT molecular complexity index is 1010. The lowest BCUT2D eigenvalue weighted by Crippen LogP contribution is -2.48. The summed E-state index contributed by atoms with van der Waals surface area (Å²) in [6, 6.07) is 11.4. The molecule has 1 aromatic carbocycles. The SMILES string of the molecule is O=C(c1cc(-c2cccnc2)on1)N1CCN(Cc2ccc3c(c2)OCO3)CC1. The predicted molar refractivity (Wildman–Crippen MR) is 103 cm³/mol. The van der Waals surface area contributed by atoms with Crippen LogP contribution < -0.4 is 9.47 Å². The van der Waals surface area contributed by atoms with Gasteiger partial charge in [0.2, 0.25) is 6.79 Å².